The lowest BCUT2D eigenvalue weighted by atomic mass is 10.1. The van der Waals surface area contributed by atoms with Gasteiger partial charge in [0.15, 0.2) is 17.5 Å². The summed E-state index contributed by atoms with van der Waals surface area (Å²) < 4.78 is 46.5. The minimum absolute atomic E-state index is 0.101. The third-order valence-electron chi connectivity index (χ3n) is 4.61. The summed E-state index contributed by atoms with van der Waals surface area (Å²) in [5, 5.41) is 17.5. The number of urea groups is 1. The second-order valence-corrected chi connectivity index (χ2v) is 6.78. The molecular weight excluding hydrogens is 401 g/mol. The van der Waals surface area contributed by atoms with Crippen LogP contribution >= 0.6 is 0 Å². The van der Waals surface area contributed by atoms with Crippen molar-refractivity contribution in [2.45, 2.75) is 19.6 Å². The number of benzene rings is 1. The van der Waals surface area contributed by atoms with E-state index >= 15 is 0 Å². The van der Waals surface area contributed by atoms with Crippen LogP contribution in [0.5, 0.6) is 0 Å². The molecule has 3 N–H and O–H groups in total. The van der Waals surface area contributed by atoms with E-state index in [4.69, 9.17) is 10.1 Å². The summed E-state index contributed by atoms with van der Waals surface area (Å²) in [4.78, 5) is 14.1. The fourth-order valence-electron chi connectivity index (χ4n) is 3.05. The SMILES string of the molecule is COCc1cnn(/C(C=N)=C2\CN(C(=O)Nc3cc(F)c(F)c(F)c3)[C@@H](C)CN2)c1. The van der Waals surface area contributed by atoms with Gasteiger partial charge in [0.25, 0.3) is 0 Å². The Morgan fingerprint density at radius 3 is 2.73 bits per heavy atom. The molecule has 1 aromatic heterocycles. The molecule has 8 nitrogen and oxygen atoms in total. The summed E-state index contributed by atoms with van der Waals surface area (Å²) in [5.41, 5.74) is 1.62. The van der Waals surface area contributed by atoms with Crippen molar-refractivity contribution in [2.75, 3.05) is 25.5 Å². The zero-order valence-electron chi connectivity index (χ0n) is 16.4. The monoisotopic (exact) mass is 422 g/mol. The molecule has 1 fully saturated rings. The Balaban J connectivity index is 1.82. The number of aromatic nitrogens is 2. The van der Waals surface area contributed by atoms with Crippen LogP contribution in [0.3, 0.4) is 0 Å². The van der Waals surface area contributed by atoms with E-state index in [-0.39, 0.29) is 18.3 Å². The Bertz CT molecular complexity index is 967. The third-order valence-corrected chi connectivity index (χ3v) is 4.61. The molecule has 3 rings (SSSR count). The van der Waals surface area contributed by atoms with E-state index in [2.05, 4.69) is 15.7 Å². The summed E-state index contributed by atoms with van der Waals surface area (Å²) in [6.45, 7) is 2.65. The third kappa shape index (κ3) is 4.46. The van der Waals surface area contributed by atoms with E-state index in [0.29, 0.717) is 36.7 Å². The van der Waals surface area contributed by atoms with Gasteiger partial charge in [-0.25, -0.2) is 22.6 Å². The molecule has 1 saturated heterocycles. The fraction of sp³-hybridized carbons (Fsp3) is 0.316. The number of carbonyl (C=O) groups excluding carboxylic acids is 1. The van der Waals surface area contributed by atoms with Gasteiger partial charge in [-0.3, -0.25) is 0 Å². The normalized spacial score (nSPS) is 18.0. The molecule has 0 bridgehead atoms. The Labute approximate surface area is 170 Å². The largest absolute Gasteiger partial charge is 0.383 e. The quantitative estimate of drug-likeness (QED) is 0.510. The van der Waals surface area contributed by atoms with Gasteiger partial charge >= 0.3 is 6.03 Å². The fourth-order valence-corrected chi connectivity index (χ4v) is 3.05. The zero-order valence-corrected chi connectivity index (χ0v) is 16.4. The molecule has 2 aromatic rings. The van der Waals surface area contributed by atoms with Crippen LogP contribution < -0.4 is 10.6 Å². The number of nitrogens with zero attached hydrogens (tertiary/aromatic N) is 3. The number of hydrogen-bond donors (Lipinski definition) is 3. The molecule has 2 amide bonds. The number of anilines is 1. The van der Waals surface area contributed by atoms with Crippen molar-refractivity contribution in [1.29, 1.82) is 5.41 Å². The van der Waals surface area contributed by atoms with Crippen molar-refractivity contribution in [3.63, 3.8) is 0 Å². The van der Waals surface area contributed by atoms with Gasteiger partial charge in [-0.1, -0.05) is 0 Å². The van der Waals surface area contributed by atoms with Crippen LogP contribution in [-0.4, -0.2) is 53.2 Å². The van der Waals surface area contributed by atoms with Gasteiger partial charge in [0.1, 0.15) is 5.70 Å². The molecule has 1 aliphatic heterocycles. The molecule has 1 atom stereocenters. The topological polar surface area (TPSA) is 95.3 Å². The number of hydrogen-bond acceptors (Lipinski definition) is 5. The van der Waals surface area contributed by atoms with Crippen molar-refractivity contribution in [3.05, 3.63) is 53.2 Å². The average Bonchev–Trinajstić information content (AvgIpc) is 3.16. The predicted molar refractivity (Wildman–Crippen MR) is 104 cm³/mol. The second-order valence-electron chi connectivity index (χ2n) is 6.78. The number of nitrogens with one attached hydrogen (secondary N) is 3. The summed E-state index contributed by atoms with van der Waals surface area (Å²) in [6, 6.07) is 0.558. The highest BCUT2D eigenvalue weighted by atomic mass is 19.2. The first-order chi connectivity index (χ1) is 14.3. The van der Waals surface area contributed by atoms with Gasteiger partial charge in [0, 0.05) is 55.5 Å². The van der Waals surface area contributed by atoms with Crippen molar-refractivity contribution in [2.24, 2.45) is 0 Å². The Hall–Kier alpha value is -3.34. The first-order valence-electron chi connectivity index (χ1n) is 9.06. The first-order valence-corrected chi connectivity index (χ1v) is 9.06. The van der Waals surface area contributed by atoms with Gasteiger partial charge < -0.3 is 25.7 Å². The second kappa shape index (κ2) is 8.99. The van der Waals surface area contributed by atoms with Gasteiger partial charge in [0.2, 0.25) is 0 Å². The highest BCUT2D eigenvalue weighted by Gasteiger charge is 2.28. The molecule has 0 saturated carbocycles. The van der Waals surface area contributed by atoms with Gasteiger partial charge in [-0.05, 0) is 6.92 Å². The van der Waals surface area contributed by atoms with Gasteiger partial charge in [-0.2, -0.15) is 5.10 Å². The molecule has 30 heavy (non-hydrogen) atoms. The standard InChI is InChI=1S/C19H21F3N6O2/c1-11-6-24-16(17(5-23)28-8-12(7-25-28)10-30-2)9-27(11)19(29)26-13-3-14(20)18(22)15(21)4-13/h3-5,7-8,11,23-24H,6,9-10H2,1-2H3,(H,26,29)/b17-16+,23-5?/t11-/m0/s1. The summed E-state index contributed by atoms with van der Waals surface area (Å²) in [7, 11) is 1.56. The molecule has 2 heterocycles. The highest BCUT2D eigenvalue weighted by molar-refractivity contribution is 6.01. The maximum atomic E-state index is 13.4. The molecule has 0 radical (unpaired) electrons. The number of ether oxygens (including phenoxy) is 1. The summed E-state index contributed by atoms with van der Waals surface area (Å²) >= 11 is 0. The van der Waals surface area contributed by atoms with Crippen molar-refractivity contribution < 1.29 is 22.7 Å². The maximum absolute atomic E-state index is 13.4. The van der Waals surface area contributed by atoms with Gasteiger partial charge in [-0.15, -0.1) is 0 Å². The number of methoxy groups -OCH3 is 1. The minimum atomic E-state index is -1.60. The number of piperazine rings is 1. The lowest BCUT2D eigenvalue weighted by molar-refractivity contribution is 0.185. The lowest BCUT2D eigenvalue weighted by Crippen LogP contribution is -2.53. The molecule has 160 valence electrons. The molecule has 11 heteroatoms. The van der Waals surface area contributed by atoms with Crippen LogP contribution in [-0.2, 0) is 11.3 Å². The molecule has 1 aromatic carbocycles. The predicted octanol–water partition coefficient (Wildman–Crippen LogP) is 2.79. The number of amides is 2. The molecule has 0 unspecified atom stereocenters. The number of rotatable bonds is 5. The van der Waals surface area contributed by atoms with E-state index in [1.54, 1.807) is 26.4 Å². The Morgan fingerprint density at radius 1 is 1.40 bits per heavy atom. The first kappa shape index (κ1) is 21.4. The summed E-state index contributed by atoms with van der Waals surface area (Å²) in [6.07, 6.45) is 4.44. The van der Waals surface area contributed by atoms with E-state index in [0.717, 1.165) is 11.8 Å². The van der Waals surface area contributed by atoms with Crippen LogP contribution in [0.25, 0.3) is 5.70 Å². The number of halogens is 3. The lowest BCUT2D eigenvalue weighted by Gasteiger charge is -2.36. The molecule has 1 aliphatic rings. The smallest absolute Gasteiger partial charge is 0.322 e. The van der Waals surface area contributed by atoms with Crippen LogP contribution in [0.4, 0.5) is 23.7 Å². The van der Waals surface area contributed by atoms with Gasteiger partial charge in [0.05, 0.1) is 25.0 Å². The van der Waals surface area contributed by atoms with E-state index in [1.807, 2.05) is 0 Å². The van der Waals surface area contributed by atoms with Crippen LogP contribution in [0.1, 0.15) is 12.5 Å². The summed E-state index contributed by atoms with van der Waals surface area (Å²) in [5.74, 6) is -4.39. The van der Waals surface area contributed by atoms with Crippen LogP contribution in [0, 0.1) is 22.9 Å². The Morgan fingerprint density at radius 2 is 2.10 bits per heavy atom. The van der Waals surface area contributed by atoms with Crippen LogP contribution in [0.2, 0.25) is 0 Å². The number of carbonyl (C=O) groups is 1. The average molecular weight is 422 g/mol. The van der Waals surface area contributed by atoms with E-state index in [1.165, 1.54) is 9.58 Å². The zero-order chi connectivity index (χ0) is 21.8. The molecular formula is C19H21F3N6O2. The van der Waals surface area contributed by atoms with Crippen LogP contribution in [0.15, 0.2) is 30.2 Å². The van der Waals surface area contributed by atoms with E-state index in [9.17, 15) is 18.0 Å². The van der Waals surface area contributed by atoms with Crippen molar-refractivity contribution >= 4 is 23.6 Å². The van der Waals surface area contributed by atoms with E-state index < -0.39 is 23.5 Å². The van der Waals surface area contributed by atoms with Crippen molar-refractivity contribution in [1.82, 2.24) is 20.0 Å². The molecule has 0 aliphatic carbocycles. The minimum Gasteiger partial charge on any atom is -0.383 e. The maximum Gasteiger partial charge on any atom is 0.322 e. The Kier molecular flexibility index (Phi) is 6.40. The highest BCUT2D eigenvalue weighted by Crippen LogP contribution is 2.20. The number of allylic oxidation sites excluding steroid dienone is 1. The van der Waals surface area contributed by atoms with Crippen molar-refractivity contribution in [3.8, 4) is 0 Å². The molecule has 0 spiro atoms.